The molecule has 0 radical (unpaired) electrons. The Morgan fingerprint density at radius 3 is 2.15 bits per heavy atom. The average Bonchev–Trinajstić information content (AvgIpc) is 2.61. The van der Waals surface area contributed by atoms with Crippen molar-refractivity contribution in [3.8, 4) is 0 Å². The van der Waals surface area contributed by atoms with E-state index in [0.717, 1.165) is 8.78 Å². The molecule has 0 saturated heterocycles. The van der Waals surface area contributed by atoms with Gasteiger partial charge in [0.2, 0.25) is 10.0 Å². The second-order valence-electron chi connectivity index (χ2n) is 5.44. The molecule has 26 heavy (non-hydrogen) atoms. The van der Waals surface area contributed by atoms with Crippen molar-refractivity contribution in [1.29, 1.82) is 0 Å². The Balaban J connectivity index is 1.93. The molecule has 0 spiro atoms. The van der Waals surface area contributed by atoms with Crippen molar-refractivity contribution in [2.24, 2.45) is 0 Å². The number of sulfonamides is 1. The fourth-order valence-corrected chi connectivity index (χ4v) is 3.08. The lowest BCUT2D eigenvalue weighted by Crippen LogP contribution is -2.22. The van der Waals surface area contributed by atoms with Crippen LogP contribution in [0.3, 0.4) is 0 Å². The summed E-state index contributed by atoms with van der Waals surface area (Å²) in [6, 6.07) is 12.2. The Labute approximate surface area is 160 Å². The van der Waals surface area contributed by atoms with Crippen molar-refractivity contribution < 1.29 is 22.7 Å². The second-order valence-corrected chi connectivity index (χ2v) is 8.51. The lowest BCUT2D eigenvalue weighted by atomic mass is 10.2. The molecular weight excluding hydrogens is 424 g/mol. The second kappa shape index (κ2) is 8.43. The maximum absolute atomic E-state index is 12.0. The van der Waals surface area contributed by atoms with E-state index < -0.39 is 28.5 Å². The number of amides is 1. The molecule has 2 aromatic rings. The number of hydrogen-bond donors (Lipinski definition) is 1. The number of anilines is 1. The number of ether oxygens (including phenoxy) is 1. The zero-order valence-corrected chi connectivity index (χ0v) is 16.5. The zero-order valence-electron chi connectivity index (χ0n) is 14.1. The van der Waals surface area contributed by atoms with E-state index in [9.17, 15) is 18.0 Å². The first kappa shape index (κ1) is 20.1. The summed E-state index contributed by atoms with van der Waals surface area (Å²) < 4.78 is 30.8. The molecule has 0 atom stereocenters. The number of carbonyl (C=O) groups is 2. The molecule has 0 aliphatic carbocycles. The van der Waals surface area contributed by atoms with Gasteiger partial charge < -0.3 is 10.1 Å². The number of nitrogens with zero attached hydrogens (tertiary/aromatic N) is 1. The minimum Gasteiger partial charge on any atom is -0.452 e. The third-order valence-corrected chi connectivity index (χ3v) is 5.69. The summed E-state index contributed by atoms with van der Waals surface area (Å²) in [6.07, 6.45) is 0. The lowest BCUT2D eigenvalue weighted by molar-refractivity contribution is -0.119. The SMILES string of the molecule is CN(C)S(=O)(=O)c1ccc(C(=O)OCC(=O)Nc2ccc(Br)cc2)cc1. The highest BCUT2D eigenvalue weighted by Gasteiger charge is 2.18. The van der Waals surface area contributed by atoms with Crippen molar-refractivity contribution in [3.63, 3.8) is 0 Å². The molecule has 1 N–H and O–H groups in total. The molecule has 7 nitrogen and oxygen atoms in total. The van der Waals surface area contributed by atoms with Crippen LogP contribution in [0.2, 0.25) is 0 Å². The summed E-state index contributed by atoms with van der Waals surface area (Å²) in [7, 11) is -0.733. The molecule has 0 aliphatic heterocycles. The van der Waals surface area contributed by atoms with E-state index in [1.165, 1.54) is 38.4 Å². The molecule has 0 bridgehead atoms. The Morgan fingerprint density at radius 1 is 1.04 bits per heavy atom. The molecule has 0 aliphatic rings. The Morgan fingerprint density at radius 2 is 1.62 bits per heavy atom. The van der Waals surface area contributed by atoms with Crippen molar-refractivity contribution in [2.45, 2.75) is 4.90 Å². The summed E-state index contributed by atoms with van der Waals surface area (Å²) in [6.45, 7) is -0.452. The van der Waals surface area contributed by atoms with Gasteiger partial charge in [0.05, 0.1) is 10.5 Å². The van der Waals surface area contributed by atoms with Crippen molar-refractivity contribution in [1.82, 2.24) is 4.31 Å². The number of nitrogens with one attached hydrogen (secondary N) is 1. The van der Waals surface area contributed by atoms with Crippen LogP contribution in [0.15, 0.2) is 57.9 Å². The summed E-state index contributed by atoms with van der Waals surface area (Å²) in [5.41, 5.74) is 0.728. The summed E-state index contributed by atoms with van der Waals surface area (Å²) in [5, 5.41) is 2.60. The largest absolute Gasteiger partial charge is 0.452 e. The van der Waals surface area contributed by atoms with E-state index in [0.29, 0.717) is 5.69 Å². The van der Waals surface area contributed by atoms with Crippen LogP contribution in [-0.4, -0.2) is 45.3 Å². The highest BCUT2D eigenvalue weighted by molar-refractivity contribution is 9.10. The monoisotopic (exact) mass is 440 g/mol. The fourth-order valence-electron chi connectivity index (χ4n) is 1.92. The molecule has 0 aromatic heterocycles. The quantitative estimate of drug-likeness (QED) is 0.696. The van der Waals surface area contributed by atoms with Gasteiger partial charge in [-0.1, -0.05) is 15.9 Å². The average molecular weight is 441 g/mol. The van der Waals surface area contributed by atoms with Gasteiger partial charge in [-0.15, -0.1) is 0 Å². The molecule has 0 unspecified atom stereocenters. The number of hydrogen-bond acceptors (Lipinski definition) is 5. The van der Waals surface area contributed by atoms with E-state index in [4.69, 9.17) is 4.74 Å². The fraction of sp³-hybridized carbons (Fsp3) is 0.176. The first-order valence-electron chi connectivity index (χ1n) is 7.45. The maximum Gasteiger partial charge on any atom is 0.338 e. The summed E-state index contributed by atoms with van der Waals surface area (Å²) >= 11 is 3.29. The van der Waals surface area contributed by atoms with Crippen LogP contribution >= 0.6 is 15.9 Å². The van der Waals surface area contributed by atoms with E-state index in [1.807, 2.05) is 0 Å². The van der Waals surface area contributed by atoms with Gasteiger partial charge in [-0.2, -0.15) is 0 Å². The van der Waals surface area contributed by atoms with Gasteiger partial charge >= 0.3 is 5.97 Å². The van der Waals surface area contributed by atoms with E-state index >= 15 is 0 Å². The molecule has 0 saturated carbocycles. The van der Waals surface area contributed by atoms with Gasteiger partial charge in [-0.25, -0.2) is 17.5 Å². The molecule has 138 valence electrons. The van der Waals surface area contributed by atoms with Gasteiger partial charge in [0.1, 0.15) is 0 Å². The van der Waals surface area contributed by atoms with Crippen LogP contribution in [0.1, 0.15) is 10.4 Å². The first-order chi connectivity index (χ1) is 12.2. The van der Waals surface area contributed by atoms with Gasteiger partial charge in [0.25, 0.3) is 5.91 Å². The number of esters is 1. The van der Waals surface area contributed by atoms with E-state index in [1.54, 1.807) is 24.3 Å². The summed E-state index contributed by atoms with van der Waals surface area (Å²) in [5.74, 6) is -1.20. The van der Waals surface area contributed by atoms with E-state index in [2.05, 4.69) is 21.2 Å². The minimum absolute atomic E-state index is 0.0621. The number of rotatable bonds is 6. The molecule has 2 rings (SSSR count). The minimum atomic E-state index is -3.57. The van der Waals surface area contributed by atoms with Crippen molar-refractivity contribution in [2.75, 3.05) is 26.0 Å². The van der Waals surface area contributed by atoms with Crippen molar-refractivity contribution >= 4 is 43.5 Å². The maximum atomic E-state index is 12.0. The lowest BCUT2D eigenvalue weighted by Gasteiger charge is -2.11. The number of carbonyl (C=O) groups excluding carboxylic acids is 2. The normalized spacial score (nSPS) is 11.2. The van der Waals surface area contributed by atoms with Gasteiger partial charge in [-0.05, 0) is 48.5 Å². The highest BCUT2D eigenvalue weighted by atomic mass is 79.9. The molecular formula is C17H17BrN2O5S. The molecule has 9 heteroatoms. The predicted octanol–water partition coefficient (Wildman–Crippen LogP) is 2.49. The van der Waals surface area contributed by atoms with Crippen LogP contribution in [0.4, 0.5) is 5.69 Å². The van der Waals surface area contributed by atoms with Crippen LogP contribution in [-0.2, 0) is 19.6 Å². The molecule has 2 aromatic carbocycles. The standard InChI is InChI=1S/C17H17BrN2O5S/c1-20(2)26(23,24)15-9-3-12(4-10-15)17(22)25-11-16(21)19-14-7-5-13(18)6-8-14/h3-10H,11H2,1-2H3,(H,19,21). The predicted molar refractivity (Wildman–Crippen MR) is 100 cm³/mol. The van der Waals surface area contributed by atoms with Gasteiger partial charge in [-0.3, -0.25) is 4.79 Å². The van der Waals surface area contributed by atoms with Crippen molar-refractivity contribution in [3.05, 3.63) is 58.6 Å². The van der Waals surface area contributed by atoms with Gasteiger partial charge in [0.15, 0.2) is 6.61 Å². The number of benzene rings is 2. The van der Waals surface area contributed by atoms with Crippen LogP contribution in [0, 0.1) is 0 Å². The Hall–Kier alpha value is -2.23. The van der Waals surface area contributed by atoms with Gasteiger partial charge in [0, 0.05) is 24.3 Å². The summed E-state index contributed by atoms with van der Waals surface area (Å²) in [4.78, 5) is 23.8. The van der Waals surface area contributed by atoms with Crippen LogP contribution in [0.5, 0.6) is 0 Å². The molecule has 0 heterocycles. The first-order valence-corrected chi connectivity index (χ1v) is 9.68. The van der Waals surface area contributed by atoms with Crippen LogP contribution < -0.4 is 5.32 Å². The Bertz CT molecular complexity index is 894. The third kappa shape index (κ3) is 5.13. The highest BCUT2D eigenvalue weighted by Crippen LogP contribution is 2.15. The third-order valence-electron chi connectivity index (χ3n) is 3.33. The van der Waals surface area contributed by atoms with E-state index in [-0.39, 0.29) is 10.5 Å². The smallest absolute Gasteiger partial charge is 0.338 e. The Kier molecular flexibility index (Phi) is 6.52. The topological polar surface area (TPSA) is 92.8 Å². The zero-order chi connectivity index (χ0) is 19.3. The number of halogens is 1. The van der Waals surface area contributed by atoms with Crippen LogP contribution in [0.25, 0.3) is 0 Å². The molecule has 0 fully saturated rings. The molecule has 1 amide bonds.